The van der Waals surface area contributed by atoms with Gasteiger partial charge in [-0.05, 0) is 25.0 Å². The normalized spacial score (nSPS) is 10.8. The summed E-state index contributed by atoms with van der Waals surface area (Å²) in [6, 6.07) is 4.64. The lowest BCUT2D eigenvalue weighted by Crippen LogP contribution is -2.22. The van der Waals surface area contributed by atoms with Crippen LogP contribution in [-0.2, 0) is 13.0 Å². The number of hydrogen-bond acceptors (Lipinski definition) is 3. The predicted octanol–water partition coefficient (Wildman–Crippen LogP) is 2.54. The second kappa shape index (κ2) is 6.48. The van der Waals surface area contributed by atoms with Crippen LogP contribution in [0.15, 0.2) is 12.1 Å². The van der Waals surface area contributed by atoms with Crippen molar-refractivity contribution < 1.29 is 4.74 Å². The second-order valence-electron chi connectivity index (χ2n) is 4.13. The summed E-state index contributed by atoms with van der Waals surface area (Å²) < 4.78 is 5.46. The fourth-order valence-corrected chi connectivity index (χ4v) is 1.45. The molecule has 0 aliphatic rings. The minimum Gasteiger partial charge on any atom is -0.478 e. The summed E-state index contributed by atoms with van der Waals surface area (Å²) in [5.74, 6) is 0.738. The summed E-state index contributed by atoms with van der Waals surface area (Å²) in [5.41, 5.74) is 2.33. The van der Waals surface area contributed by atoms with Crippen molar-refractivity contribution in [3.63, 3.8) is 0 Å². The van der Waals surface area contributed by atoms with Crippen LogP contribution in [0.4, 0.5) is 0 Å². The summed E-state index contributed by atoms with van der Waals surface area (Å²) in [6.07, 6.45) is 0.940. The van der Waals surface area contributed by atoms with Gasteiger partial charge in [0, 0.05) is 24.3 Å². The van der Waals surface area contributed by atoms with Gasteiger partial charge in [-0.2, -0.15) is 0 Å². The van der Waals surface area contributed by atoms with Crippen molar-refractivity contribution in [1.82, 2.24) is 10.3 Å². The van der Waals surface area contributed by atoms with Gasteiger partial charge in [-0.15, -0.1) is 0 Å². The van der Waals surface area contributed by atoms with Gasteiger partial charge in [-0.3, -0.25) is 0 Å². The van der Waals surface area contributed by atoms with Gasteiger partial charge in [0.05, 0.1) is 6.61 Å². The predicted molar refractivity (Wildman–Crippen MR) is 66.8 cm³/mol. The van der Waals surface area contributed by atoms with Gasteiger partial charge < -0.3 is 10.1 Å². The first-order chi connectivity index (χ1) is 7.65. The molecule has 1 heterocycles. The number of pyridine rings is 1. The number of nitrogens with zero attached hydrogens (tertiary/aromatic N) is 1. The Labute approximate surface area is 98.2 Å². The Morgan fingerprint density at radius 2 is 2.06 bits per heavy atom. The quantitative estimate of drug-likeness (QED) is 0.803. The fraction of sp³-hybridized carbons (Fsp3) is 0.615. The molecule has 0 fully saturated rings. The molecule has 1 aromatic rings. The summed E-state index contributed by atoms with van der Waals surface area (Å²) in [6.45, 7) is 9.91. The molecule has 3 nitrogen and oxygen atoms in total. The summed E-state index contributed by atoms with van der Waals surface area (Å²) in [4.78, 5) is 4.42. The molecule has 1 N–H and O–H groups in total. The van der Waals surface area contributed by atoms with E-state index >= 15 is 0 Å². The summed E-state index contributed by atoms with van der Waals surface area (Å²) in [7, 11) is 0. The zero-order valence-corrected chi connectivity index (χ0v) is 10.7. The Balaban J connectivity index is 2.77. The van der Waals surface area contributed by atoms with E-state index in [9.17, 15) is 0 Å². The first kappa shape index (κ1) is 13.0. The van der Waals surface area contributed by atoms with Gasteiger partial charge in [0.25, 0.3) is 0 Å². The summed E-state index contributed by atoms with van der Waals surface area (Å²) >= 11 is 0. The molecule has 0 bridgehead atoms. The average molecular weight is 222 g/mol. The molecule has 0 saturated heterocycles. The first-order valence-electron chi connectivity index (χ1n) is 6.01. The van der Waals surface area contributed by atoms with Crippen LogP contribution in [0.5, 0.6) is 5.88 Å². The molecule has 1 rings (SSSR count). The van der Waals surface area contributed by atoms with E-state index in [1.807, 2.05) is 13.0 Å². The van der Waals surface area contributed by atoms with Crippen LogP contribution in [0.3, 0.4) is 0 Å². The van der Waals surface area contributed by atoms with E-state index in [2.05, 4.69) is 37.1 Å². The largest absolute Gasteiger partial charge is 0.478 e. The molecule has 0 spiro atoms. The molecule has 16 heavy (non-hydrogen) atoms. The van der Waals surface area contributed by atoms with Crippen molar-refractivity contribution in [2.45, 2.75) is 46.7 Å². The van der Waals surface area contributed by atoms with Crippen molar-refractivity contribution in [3.05, 3.63) is 23.4 Å². The van der Waals surface area contributed by atoms with Crippen molar-refractivity contribution in [2.75, 3.05) is 6.61 Å². The fourth-order valence-electron chi connectivity index (χ4n) is 1.45. The first-order valence-corrected chi connectivity index (χ1v) is 6.01. The zero-order chi connectivity index (χ0) is 12.0. The van der Waals surface area contributed by atoms with Gasteiger partial charge in [0.2, 0.25) is 5.88 Å². The Morgan fingerprint density at radius 1 is 1.31 bits per heavy atom. The molecule has 0 saturated carbocycles. The van der Waals surface area contributed by atoms with Gasteiger partial charge in [-0.1, -0.05) is 20.8 Å². The van der Waals surface area contributed by atoms with Crippen LogP contribution < -0.4 is 10.1 Å². The van der Waals surface area contributed by atoms with E-state index in [4.69, 9.17) is 4.74 Å². The van der Waals surface area contributed by atoms with E-state index in [1.165, 1.54) is 5.56 Å². The zero-order valence-electron chi connectivity index (χ0n) is 10.7. The highest BCUT2D eigenvalue weighted by molar-refractivity contribution is 5.25. The molecule has 0 amide bonds. The molecule has 0 atom stereocenters. The standard InChI is InChI=1S/C13H22N2O/c1-5-12-7-11(9-14-10(3)4)8-13(15-12)16-6-2/h7-8,10,14H,5-6,9H2,1-4H3. The van der Waals surface area contributed by atoms with Gasteiger partial charge in [0.15, 0.2) is 0 Å². The van der Waals surface area contributed by atoms with Crippen molar-refractivity contribution in [1.29, 1.82) is 0 Å². The van der Waals surface area contributed by atoms with Crippen LogP contribution in [0.2, 0.25) is 0 Å². The minimum atomic E-state index is 0.494. The lowest BCUT2D eigenvalue weighted by atomic mass is 10.2. The number of hydrogen-bond donors (Lipinski definition) is 1. The molecular formula is C13H22N2O. The number of rotatable bonds is 6. The third-order valence-electron chi connectivity index (χ3n) is 2.28. The molecule has 1 aromatic heterocycles. The molecule has 0 radical (unpaired) electrons. The highest BCUT2D eigenvalue weighted by Crippen LogP contribution is 2.13. The Kier molecular flexibility index (Phi) is 5.26. The molecule has 90 valence electrons. The topological polar surface area (TPSA) is 34.1 Å². The van der Waals surface area contributed by atoms with Crippen molar-refractivity contribution in [3.8, 4) is 5.88 Å². The third kappa shape index (κ3) is 4.19. The van der Waals surface area contributed by atoms with Crippen molar-refractivity contribution >= 4 is 0 Å². The molecule has 0 aromatic carbocycles. The Morgan fingerprint density at radius 3 is 2.62 bits per heavy atom. The van der Waals surface area contributed by atoms with E-state index in [1.54, 1.807) is 0 Å². The maximum absolute atomic E-state index is 5.46. The lowest BCUT2D eigenvalue weighted by Gasteiger charge is -2.11. The van der Waals surface area contributed by atoms with Crippen LogP contribution in [0.25, 0.3) is 0 Å². The van der Waals surface area contributed by atoms with Crippen molar-refractivity contribution in [2.24, 2.45) is 0 Å². The van der Waals surface area contributed by atoms with Gasteiger partial charge in [-0.25, -0.2) is 4.98 Å². The monoisotopic (exact) mass is 222 g/mol. The van der Waals surface area contributed by atoms with Gasteiger partial charge >= 0.3 is 0 Å². The smallest absolute Gasteiger partial charge is 0.213 e. The Hall–Kier alpha value is -1.09. The highest BCUT2D eigenvalue weighted by Gasteiger charge is 2.03. The lowest BCUT2D eigenvalue weighted by molar-refractivity contribution is 0.325. The molecule has 0 unspecified atom stereocenters. The highest BCUT2D eigenvalue weighted by atomic mass is 16.5. The van der Waals surface area contributed by atoms with Gasteiger partial charge in [0.1, 0.15) is 0 Å². The summed E-state index contributed by atoms with van der Waals surface area (Å²) in [5, 5.41) is 3.40. The molecule has 0 aliphatic heterocycles. The number of nitrogens with one attached hydrogen (secondary N) is 1. The molecular weight excluding hydrogens is 200 g/mol. The maximum Gasteiger partial charge on any atom is 0.213 e. The van der Waals surface area contributed by atoms with E-state index in [-0.39, 0.29) is 0 Å². The molecule has 0 aliphatic carbocycles. The van der Waals surface area contributed by atoms with E-state index < -0.39 is 0 Å². The van der Waals surface area contributed by atoms with Crippen LogP contribution in [-0.4, -0.2) is 17.6 Å². The van der Waals surface area contributed by atoms with Crippen LogP contribution >= 0.6 is 0 Å². The SMILES string of the molecule is CCOc1cc(CNC(C)C)cc(CC)n1. The third-order valence-corrected chi connectivity index (χ3v) is 2.28. The molecule has 3 heteroatoms. The van der Waals surface area contributed by atoms with E-state index in [0.717, 1.165) is 24.5 Å². The number of aromatic nitrogens is 1. The van der Waals surface area contributed by atoms with Crippen LogP contribution in [0.1, 0.15) is 39.0 Å². The number of aryl methyl sites for hydroxylation is 1. The average Bonchev–Trinajstić information content (AvgIpc) is 2.26. The second-order valence-corrected chi connectivity index (χ2v) is 4.13. The Bertz CT molecular complexity index is 324. The van der Waals surface area contributed by atoms with E-state index in [0.29, 0.717) is 12.6 Å². The maximum atomic E-state index is 5.46. The van der Waals surface area contributed by atoms with Crippen LogP contribution in [0, 0.1) is 0 Å². The minimum absolute atomic E-state index is 0.494. The number of ether oxygens (including phenoxy) is 1.